The van der Waals surface area contributed by atoms with E-state index in [1.807, 2.05) is 0 Å². The highest BCUT2D eigenvalue weighted by atomic mass is 16.1. The van der Waals surface area contributed by atoms with E-state index in [0.29, 0.717) is 11.6 Å². The maximum Gasteiger partial charge on any atom is 0.141 e. The monoisotopic (exact) mass is 516 g/mol. The predicted octanol–water partition coefficient (Wildman–Crippen LogP) is 9.99. The van der Waals surface area contributed by atoms with E-state index in [1.54, 1.807) is 0 Å². The molecule has 4 unspecified atom stereocenters. The molecule has 0 amide bonds. The quantitative estimate of drug-likeness (QED) is 0.242. The van der Waals surface area contributed by atoms with Crippen molar-refractivity contribution in [3.05, 3.63) is 69.9 Å². The minimum Gasteiger partial charge on any atom is -0.299 e. The van der Waals surface area contributed by atoms with Crippen molar-refractivity contribution >= 4 is 11.6 Å². The molecule has 1 saturated carbocycles. The maximum absolute atomic E-state index is 13.6. The summed E-state index contributed by atoms with van der Waals surface area (Å²) in [5.74, 6) is 0.449. The third-order valence-corrected chi connectivity index (χ3v) is 8.82. The van der Waals surface area contributed by atoms with E-state index in [9.17, 15) is 9.59 Å². The summed E-state index contributed by atoms with van der Waals surface area (Å²) in [4.78, 5) is 27.1. The molecule has 0 spiro atoms. The molecule has 0 aromatic rings. The van der Waals surface area contributed by atoms with Crippen molar-refractivity contribution in [2.75, 3.05) is 0 Å². The van der Waals surface area contributed by atoms with E-state index in [-0.39, 0.29) is 23.7 Å². The van der Waals surface area contributed by atoms with Gasteiger partial charge in [0.05, 0.1) is 0 Å². The molecule has 0 radical (unpaired) electrons. The smallest absolute Gasteiger partial charge is 0.141 e. The third kappa shape index (κ3) is 8.92. The Kier molecular flexibility index (Phi) is 11.8. The van der Waals surface area contributed by atoms with E-state index in [1.165, 1.54) is 33.4 Å². The third-order valence-electron chi connectivity index (χ3n) is 8.82. The Labute approximate surface area is 233 Å². The van der Waals surface area contributed by atoms with Crippen LogP contribution in [0.2, 0.25) is 0 Å². The van der Waals surface area contributed by atoms with Crippen LogP contribution in [0.4, 0.5) is 0 Å². The van der Waals surface area contributed by atoms with Crippen LogP contribution in [0.15, 0.2) is 69.9 Å². The predicted molar refractivity (Wildman–Crippen MR) is 162 cm³/mol. The number of allylic oxidation sites excluding steroid dienone is 12. The first kappa shape index (κ1) is 30.3. The summed E-state index contributed by atoms with van der Waals surface area (Å²) in [5.41, 5.74) is 8.43. The van der Waals surface area contributed by atoms with Crippen LogP contribution < -0.4 is 0 Å². The van der Waals surface area contributed by atoms with Gasteiger partial charge in [0.1, 0.15) is 11.6 Å². The molecule has 208 valence electrons. The molecule has 2 nitrogen and oxygen atoms in total. The summed E-state index contributed by atoms with van der Waals surface area (Å²) in [7, 11) is 0. The number of fused-ring (bicyclic) bond motifs is 2. The number of rotatable bonds is 12. The van der Waals surface area contributed by atoms with Gasteiger partial charge < -0.3 is 0 Å². The zero-order valence-corrected chi connectivity index (χ0v) is 25.1. The second kappa shape index (κ2) is 14.8. The van der Waals surface area contributed by atoms with Gasteiger partial charge in [0.2, 0.25) is 0 Å². The average Bonchev–Trinajstić information content (AvgIpc) is 2.86. The first-order valence-corrected chi connectivity index (χ1v) is 15.2. The van der Waals surface area contributed by atoms with Crippen LogP contribution in [0.1, 0.15) is 119 Å². The Bertz CT molecular complexity index is 949. The van der Waals surface area contributed by atoms with Gasteiger partial charge in [-0.05, 0) is 119 Å². The second-order valence-electron chi connectivity index (χ2n) is 12.7. The summed E-state index contributed by atoms with van der Waals surface area (Å²) in [6.07, 6.45) is 25.6. The number of ketones is 2. The summed E-state index contributed by atoms with van der Waals surface area (Å²) in [5, 5.41) is 0. The molecule has 0 N–H and O–H groups in total. The molecule has 0 aromatic carbocycles. The van der Waals surface area contributed by atoms with Gasteiger partial charge >= 0.3 is 0 Å². The molecule has 0 heterocycles. The highest BCUT2D eigenvalue weighted by Gasteiger charge is 2.50. The van der Waals surface area contributed by atoms with Crippen LogP contribution >= 0.6 is 0 Å². The van der Waals surface area contributed by atoms with Crippen LogP contribution in [0, 0.1) is 23.7 Å². The van der Waals surface area contributed by atoms with E-state index in [4.69, 9.17) is 0 Å². The Hall–Kier alpha value is -2.22. The Morgan fingerprint density at radius 2 is 1.00 bits per heavy atom. The number of hydrogen-bond donors (Lipinski definition) is 0. The number of carbonyl (C=O) groups is 2. The van der Waals surface area contributed by atoms with Gasteiger partial charge in [-0.1, -0.05) is 69.9 Å². The topological polar surface area (TPSA) is 34.1 Å². The van der Waals surface area contributed by atoms with Crippen molar-refractivity contribution in [3.8, 4) is 0 Å². The normalized spacial score (nSPS) is 25.7. The molecular formula is C36H52O2. The van der Waals surface area contributed by atoms with Gasteiger partial charge in [0.25, 0.3) is 0 Å². The average molecular weight is 517 g/mol. The largest absolute Gasteiger partial charge is 0.299 e. The number of carbonyl (C=O) groups excluding carboxylic acids is 2. The van der Waals surface area contributed by atoms with Crippen LogP contribution in [0.5, 0.6) is 0 Å². The van der Waals surface area contributed by atoms with Gasteiger partial charge in [-0.15, -0.1) is 0 Å². The second-order valence-corrected chi connectivity index (χ2v) is 12.7. The molecule has 0 aliphatic heterocycles. The van der Waals surface area contributed by atoms with E-state index >= 15 is 0 Å². The van der Waals surface area contributed by atoms with Crippen molar-refractivity contribution in [2.24, 2.45) is 23.7 Å². The molecule has 0 bridgehead atoms. The van der Waals surface area contributed by atoms with Gasteiger partial charge in [-0.25, -0.2) is 0 Å². The summed E-state index contributed by atoms with van der Waals surface area (Å²) in [6.45, 7) is 13.1. The molecule has 0 saturated heterocycles. The molecule has 1 fully saturated rings. The molecule has 4 atom stereocenters. The van der Waals surface area contributed by atoms with Crippen molar-refractivity contribution in [1.29, 1.82) is 0 Å². The van der Waals surface area contributed by atoms with E-state index in [0.717, 1.165) is 77.0 Å². The standard InChI is InChI=1S/C36H52O2/c1-25(2)11-7-13-27(5)15-9-17-29-19-21-31-33(23-29)35(37)32-22-20-30(24-34(32)36(31)38)18-10-16-28(6)14-8-12-26(3)4/h11-12,15-16,19-20,31-34H,7-10,13-14,17-18,21-24H2,1-6H3. The molecule has 38 heavy (non-hydrogen) atoms. The van der Waals surface area contributed by atoms with Crippen molar-refractivity contribution in [1.82, 2.24) is 0 Å². The minimum absolute atomic E-state index is 0.0761. The van der Waals surface area contributed by atoms with Crippen molar-refractivity contribution in [2.45, 2.75) is 119 Å². The van der Waals surface area contributed by atoms with Crippen LogP contribution in [0.25, 0.3) is 0 Å². The van der Waals surface area contributed by atoms with Gasteiger partial charge in [-0.2, -0.15) is 0 Å². The van der Waals surface area contributed by atoms with E-state index < -0.39 is 0 Å². The SMILES string of the molecule is CC(C)=CCCC(C)=CCCC1=CCC2C(=O)C3CC(CCC=C(C)CCC=C(C)C)=CCC3C(=O)C2C1. The lowest BCUT2D eigenvalue weighted by Crippen LogP contribution is -2.49. The fraction of sp³-hybridized carbons (Fsp3) is 0.611. The first-order valence-electron chi connectivity index (χ1n) is 15.2. The maximum atomic E-state index is 13.6. The fourth-order valence-electron chi connectivity index (χ4n) is 6.51. The highest BCUT2D eigenvalue weighted by molar-refractivity contribution is 6.00. The molecule has 2 heteroatoms. The van der Waals surface area contributed by atoms with Gasteiger partial charge in [0.15, 0.2) is 0 Å². The fourth-order valence-corrected chi connectivity index (χ4v) is 6.51. The zero-order chi connectivity index (χ0) is 27.7. The Morgan fingerprint density at radius 3 is 1.37 bits per heavy atom. The van der Waals surface area contributed by atoms with Crippen LogP contribution in [-0.4, -0.2) is 11.6 Å². The summed E-state index contributed by atoms with van der Waals surface area (Å²) in [6, 6.07) is 0. The van der Waals surface area contributed by atoms with Crippen LogP contribution in [-0.2, 0) is 9.59 Å². The summed E-state index contributed by atoms with van der Waals surface area (Å²) < 4.78 is 0. The summed E-state index contributed by atoms with van der Waals surface area (Å²) >= 11 is 0. The molecule has 3 aliphatic carbocycles. The van der Waals surface area contributed by atoms with Gasteiger partial charge in [0, 0.05) is 23.7 Å². The molecule has 0 aromatic heterocycles. The van der Waals surface area contributed by atoms with E-state index in [2.05, 4.69) is 78.0 Å². The molecular weight excluding hydrogens is 464 g/mol. The van der Waals surface area contributed by atoms with Crippen molar-refractivity contribution < 1.29 is 9.59 Å². The minimum atomic E-state index is -0.0783. The number of hydrogen-bond acceptors (Lipinski definition) is 2. The Morgan fingerprint density at radius 1 is 0.605 bits per heavy atom. The zero-order valence-electron chi connectivity index (χ0n) is 25.1. The lowest BCUT2D eigenvalue weighted by molar-refractivity contribution is -0.147. The van der Waals surface area contributed by atoms with Crippen molar-refractivity contribution in [3.63, 3.8) is 0 Å². The lowest BCUT2D eigenvalue weighted by Gasteiger charge is -2.43. The number of Topliss-reactive ketones (excluding diaryl/α,β-unsaturated/α-hetero) is 2. The van der Waals surface area contributed by atoms with Gasteiger partial charge in [-0.3, -0.25) is 9.59 Å². The molecule has 3 rings (SSSR count). The van der Waals surface area contributed by atoms with Crippen LogP contribution in [0.3, 0.4) is 0 Å². The first-order chi connectivity index (χ1) is 18.2. The Balaban J connectivity index is 1.51. The lowest BCUT2D eigenvalue weighted by atomic mass is 9.58. The highest BCUT2D eigenvalue weighted by Crippen LogP contribution is 2.46. The molecule has 3 aliphatic rings.